The Kier molecular flexibility index (Phi) is 8.21. The molecule has 0 unspecified atom stereocenters. The second kappa shape index (κ2) is 12.9. The Morgan fingerprint density at radius 2 is 1.88 bits per heavy atom. The van der Waals surface area contributed by atoms with E-state index < -0.39 is 23.8 Å². The van der Waals surface area contributed by atoms with Crippen molar-refractivity contribution in [3.8, 4) is 22.7 Å². The second-order valence-corrected chi connectivity index (χ2v) is 12.9. The Morgan fingerprint density at radius 3 is 2.71 bits per heavy atom. The van der Waals surface area contributed by atoms with E-state index in [0.717, 1.165) is 5.52 Å². The number of methoxy groups -OCH3 is 1. The minimum Gasteiger partial charge on any atom is -0.492 e. The standard InChI is InChI=1S/C36H36F2N10O3/c1-5-51-31-13-21(37)9-10-29(31)48-35-26(15-41-48)34(39-19-40-35)47-16-23-14-30(47)36(49)45(3)17-24(50-4)18-46-20(2)42-28-12-22(38)11-25(33(28)46)27-7-6-8-32(43-23)44-27/h6-13,15,19,23-24,30H,5,14,16-18H2,1-4H3,(H,43,44)/t23-,24-,30-/m0/s1. The number of aromatic nitrogens is 7. The topological polar surface area (TPSA) is 128 Å². The number of nitrogens with zero attached hydrogens (tertiary/aromatic N) is 9. The third-order valence-electron chi connectivity index (χ3n) is 9.60. The van der Waals surface area contributed by atoms with Gasteiger partial charge in [-0.3, -0.25) is 4.79 Å². The molecule has 2 aliphatic rings. The van der Waals surface area contributed by atoms with E-state index in [1.807, 2.05) is 41.5 Å². The molecule has 6 heterocycles. The molecule has 6 aromatic rings. The molecule has 4 aromatic heterocycles. The number of rotatable bonds is 5. The Morgan fingerprint density at radius 1 is 1.02 bits per heavy atom. The number of nitrogens with one attached hydrogen (secondary N) is 1. The molecular formula is C36H36F2N10O3. The number of ether oxygens (including phenoxy) is 2. The smallest absolute Gasteiger partial charge is 0.245 e. The van der Waals surface area contributed by atoms with Crippen molar-refractivity contribution in [3.63, 3.8) is 0 Å². The summed E-state index contributed by atoms with van der Waals surface area (Å²) in [7, 11) is 3.39. The summed E-state index contributed by atoms with van der Waals surface area (Å²) >= 11 is 0. The van der Waals surface area contributed by atoms with Crippen molar-refractivity contribution in [3.05, 3.63) is 78.5 Å². The van der Waals surface area contributed by atoms with Gasteiger partial charge in [0, 0.05) is 51.0 Å². The quantitative estimate of drug-likeness (QED) is 0.270. The molecule has 0 radical (unpaired) electrons. The lowest BCUT2D eigenvalue weighted by Gasteiger charge is -2.30. The van der Waals surface area contributed by atoms with E-state index in [1.165, 1.54) is 30.6 Å². The van der Waals surface area contributed by atoms with Crippen LogP contribution in [-0.4, -0.2) is 97.1 Å². The number of likely N-dealkylation sites (N-methyl/N-ethyl adjacent to an activating group) is 1. The molecule has 262 valence electrons. The van der Waals surface area contributed by atoms with Crippen LogP contribution < -0.4 is 15.0 Å². The van der Waals surface area contributed by atoms with Gasteiger partial charge < -0.3 is 29.2 Å². The molecule has 1 fully saturated rings. The Balaban J connectivity index is 1.22. The predicted molar refractivity (Wildman–Crippen MR) is 187 cm³/mol. The molecule has 2 aliphatic heterocycles. The Bertz CT molecular complexity index is 2290. The van der Waals surface area contributed by atoms with E-state index in [9.17, 15) is 13.6 Å². The van der Waals surface area contributed by atoms with E-state index in [4.69, 9.17) is 14.5 Å². The molecular weight excluding hydrogens is 658 g/mol. The lowest BCUT2D eigenvalue weighted by atomic mass is 10.1. The molecule has 8 rings (SSSR count). The first-order valence-electron chi connectivity index (χ1n) is 16.8. The summed E-state index contributed by atoms with van der Waals surface area (Å²) in [5.41, 5.74) is 3.48. The van der Waals surface area contributed by atoms with Crippen molar-refractivity contribution in [1.29, 1.82) is 0 Å². The van der Waals surface area contributed by atoms with E-state index in [0.29, 0.717) is 89.4 Å². The van der Waals surface area contributed by atoms with Crippen molar-refractivity contribution in [1.82, 2.24) is 39.2 Å². The number of halogens is 2. The Labute approximate surface area is 291 Å². The number of fused-ring (bicyclic) bond motifs is 6. The number of imidazole rings is 1. The third-order valence-corrected chi connectivity index (χ3v) is 9.60. The highest BCUT2D eigenvalue weighted by atomic mass is 19.1. The normalized spacial score (nSPS) is 19.3. The van der Waals surface area contributed by atoms with Crippen LogP contribution in [0, 0.1) is 18.6 Å². The van der Waals surface area contributed by atoms with Crippen molar-refractivity contribution in [2.45, 2.75) is 45.0 Å². The number of pyridine rings is 1. The fourth-order valence-corrected chi connectivity index (χ4v) is 7.28. The fraction of sp³-hybridized carbons (Fsp3) is 0.333. The average molecular weight is 695 g/mol. The van der Waals surface area contributed by atoms with Crippen molar-refractivity contribution in [2.24, 2.45) is 0 Å². The summed E-state index contributed by atoms with van der Waals surface area (Å²) < 4.78 is 44.4. The van der Waals surface area contributed by atoms with Crippen LogP contribution in [0.2, 0.25) is 0 Å². The maximum Gasteiger partial charge on any atom is 0.245 e. The summed E-state index contributed by atoms with van der Waals surface area (Å²) in [6, 6.07) is 11.9. The molecule has 13 nitrogen and oxygen atoms in total. The van der Waals surface area contributed by atoms with Crippen LogP contribution >= 0.6 is 0 Å². The number of carbonyl (C=O) groups is 1. The molecule has 1 N–H and O–H groups in total. The van der Waals surface area contributed by atoms with E-state index in [1.54, 1.807) is 36.0 Å². The van der Waals surface area contributed by atoms with Gasteiger partial charge in [-0.2, -0.15) is 5.10 Å². The first-order chi connectivity index (χ1) is 24.7. The van der Waals surface area contributed by atoms with Crippen LogP contribution in [0.25, 0.3) is 39.0 Å². The minimum absolute atomic E-state index is 0.107. The van der Waals surface area contributed by atoms with Crippen LogP contribution in [-0.2, 0) is 16.1 Å². The number of aryl methyl sites for hydroxylation is 1. The monoisotopic (exact) mass is 694 g/mol. The number of benzene rings is 2. The summed E-state index contributed by atoms with van der Waals surface area (Å²) in [4.78, 5) is 36.9. The molecule has 0 aliphatic carbocycles. The molecule has 1 amide bonds. The molecule has 1 saturated heterocycles. The SMILES string of the molecule is CCOc1cc(F)ccc1-n1ncc2c(N3C[C@@H]4C[C@H]3C(=O)N(C)C[C@H](OC)Cn3c(C)nc5cc(F)cc(c53)-c3cccc(n3)N4)ncnc21. The van der Waals surface area contributed by atoms with E-state index >= 15 is 0 Å². The van der Waals surface area contributed by atoms with Gasteiger partial charge in [-0.05, 0) is 50.6 Å². The second-order valence-electron chi connectivity index (χ2n) is 12.9. The van der Waals surface area contributed by atoms with Crippen molar-refractivity contribution >= 4 is 39.6 Å². The molecule has 4 bridgehead atoms. The number of hydrogen-bond acceptors (Lipinski definition) is 10. The van der Waals surface area contributed by atoms with Crippen LogP contribution in [0.3, 0.4) is 0 Å². The predicted octanol–water partition coefficient (Wildman–Crippen LogP) is 4.76. The first-order valence-corrected chi connectivity index (χ1v) is 16.8. The summed E-state index contributed by atoms with van der Waals surface area (Å²) in [5.74, 6) is 1.20. The highest BCUT2D eigenvalue weighted by Crippen LogP contribution is 2.35. The zero-order valence-corrected chi connectivity index (χ0v) is 28.5. The van der Waals surface area contributed by atoms with Gasteiger partial charge in [0.1, 0.15) is 52.9 Å². The zero-order valence-electron chi connectivity index (χ0n) is 28.5. The molecule has 15 heteroatoms. The number of anilines is 2. The van der Waals surface area contributed by atoms with Gasteiger partial charge in [0.2, 0.25) is 5.91 Å². The first kappa shape index (κ1) is 32.5. The average Bonchev–Trinajstić information content (AvgIpc) is 3.82. The van der Waals surface area contributed by atoms with Crippen LogP contribution in [0.4, 0.5) is 20.4 Å². The molecule has 3 atom stereocenters. The fourth-order valence-electron chi connectivity index (χ4n) is 7.28. The molecule has 0 saturated carbocycles. The summed E-state index contributed by atoms with van der Waals surface area (Å²) in [5, 5.41) is 8.76. The highest BCUT2D eigenvalue weighted by Gasteiger charge is 2.41. The molecule has 0 spiro atoms. The van der Waals surface area contributed by atoms with Gasteiger partial charge in [-0.15, -0.1) is 0 Å². The third kappa shape index (κ3) is 5.76. The lowest BCUT2D eigenvalue weighted by molar-refractivity contribution is -0.132. The number of amides is 1. The van der Waals surface area contributed by atoms with Crippen molar-refractivity contribution in [2.75, 3.05) is 44.1 Å². The van der Waals surface area contributed by atoms with E-state index in [2.05, 4.69) is 25.4 Å². The maximum atomic E-state index is 15.0. The Hall–Kier alpha value is -5.70. The van der Waals surface area contributed by atoms with E-state index in [-0.39, 0.29) is 11.9 Å². The van der Waals surface area contributed by atoms with Gasteiger partial charge in [-0.1, -0.05) is 6.07 Å². The summed E-state index contributed by atoms with van der Waals surface area (Å²) in [6.45, 7) is 5.12. The number of hydrogen-bond donors (Lipinski definition) is 1. The maximum absolute atomic E-state index is 15.0. The minimum atomic E-state index is -0.599. The molecule has 2 aromatic carbocycles. The lowest BCUT2D eigenvalue weighted by Crippen LogP contribution is -2.47. The van der Waals surface area contributed by atoms with Crippen molar-refractivity contribution < 1.29 is 23.0 Å². The zero-order chi connectivity index (χ0) is 35.4. The van der Waals surface area contributed by atoms with Gasteiger partial charge in [-0.25, -0.2) is 33.4 Å². The van der Waals surface area contributed by atoms with Gasteiger partial charge in [0.15, 0.2) is 5.65 Å². The van der Waals surface area contributed by atoms with Crippen LogP contribution in [0.5, 0.6) is 5.75 Å². The van der Waals surface area contributed by atoms with Gasteiger partial charge in [0.05, 0.1) is 47.6 Å². The van der Waals surface area contributed by atoms with Gasteiger partial charge in [0.25, 0.3) is 0 Å². The number of carbonyl (C=O) groups excluding carboxylic acids is 1. The van der Waals surface area contributed by atoms with Crippen LogP contribution in [0.1, 0.15) is 19.2 Å². The van der Waals surface area contributed by atoms with Gasteiger partial charge >= 0.3 is 0 Å². The highest BCUT2D eigenvalue weighted by molar-refractivity contribution is 5.94. The molecule has 51 heavy (non-hydrogen) atoms. The van der Waals surface area contributed by atoms with Crippen LogP contribution in [0.15, 0.2) is 61.1 Å². The largest absolute Gasteiger partial charge is 0.492 e. The summed E-state index contributed by atoms with van der Waals surface area (Å²) in [6.07, 6.45) is 3.14.